The highest BCUT2D eigenvalue weighted by atomic mass is 32.2. The summed E-state index contributed by atoms with van der Waals surface area (Å²) in [5.41, 5.74) is 2.42. The van der Waals surface area contributed by atoms with Crippen LogP contribution in [0.1, 0.15) is 11.1 Å². The molecule has 1 fully saturated rings. The van der Waals surface area contributed by atoms with E-state index in [-0.39, 0.29) is 19.0 Å². The molecule has 1 aliphatic rings. The van der Waals surface area contributed by atoms with Crippen LogP contribution in [0.15, 0.2) is 24.3 Å². The highest BCUT2D eigenvalue weighted by Gasteiger charge is 2.33. The van der Waals surface area contributed by atoms with Crippen molar-refractivity contribution in [2.24, 2.45) is 0 Å². The number of likely N-dealkylation sites (tertiary alicyclic amines) is 1. The van der Waals surface area contributed by atoms with Crippen LogP contribution in [-0.2, 0) is 10.5 Å². The SMILES string of the molecule is Cc1ccccc1CSCC(=O)N1C[C@@H](O)[C@H](F)C1. The fourth-order valence-electron chi connectivity index (χ4n) is 2.06. The number of rotatable bonds is 4. The van der Waals surface area contributed by atoms with Crippen molar-refractivity contribution in [2.45, 2.75) is 25.0 Å². The predicted octanol–water partition coefficient (Wildman–Crippen LogP) is 1.77. The Bertz CT molecular complexity index is 445. The van der Waals surface area contributed by atoms with Gasteiger partial charge in [0.05, 0.1) is 12.3 Å². The van der Waals surface area contributed by atoms with Gasteiger partial charge in [-0.05, 0) is 18.1 Å². The average Bonchev–Trinajstić information content (AvgIpc) is 2.72. The van der Waals surface area contributed by atoms with Gasteiger partial charge >= 0.3 is 0 Å². The number of alkyl halides is 1. The van der Waals surface area contributed by atoms with Gasteiger partial charge in [0.25, 0.3) is 0 Å². The first-order chi connectivity index (χ1) is 9.08. The molecule has 0 saturated carbocycles. The van der Waals surface area contributed by atoms with Crippen molar-refractivity contribution < 1.29 is 14.3 Å². The molecule has 0 spiro atoms. The normalized spacial score (nSPS) is 22.8. The Labute approximate surface area is 116 Å². The zero-order valence-corrected chi connectivity index (χ0v) is 11.7. The number of aryl methyl sites for hydroxylation is 1. The standard InChI is InChI=1S/C14H18FNO2S/c1-10-4-2-3-5-11(10)8-19-9-14(18)16-6-12(15)13(17)7-16/h2-5,12-13,17H,6-9H2,1H3/t12-,13-/m1/s1. The fraction of sp³-hybridized carbons (Fsp3) is 0.500. The molecule has 1 saturated heterocycles. The molecule has 0 aliphatic carbocycles. The Balaban J connectivity index is 1.77. The molecule has 1 amide bonds. The second-order valence-corrected chi connectivity index (χ2v) is 5.79. The van der Waals surface area contributed by atoms with Gasteiger partial charge in [-0.3, -0.25) is 4.79 Å². The van der Waals surface area contributed by atoms with Crippen LogP contribution in [0.25, 0.3) is 0 Å². The number of carbonyl (C=O) groups is 1. The largest absolute Gasteiger partial charge is 0.388 e. The highest BCUT2D eigenvalue weighted by Crippen LogP contribution is 2.18. The third kappa shape index (κ3) is 3.70. The van der Waals surface area contributed by atoms with Crippen molar-refractivity contribution in [1.29, 1.82) is 0 Å². The van der Waals surface area contributed by atoms with E-state index in [1.165, 1.54) is 27.8 Å². The number of thioether (sulfide) groups is 1. The number of amides is 1. The smallest absolute Gasteiger partial charge is 0.232 e. The fourth-order valence-corrected chi connectivity index (χ4v) is 3.07. The lowest BCUT2D eigenvalue weighted by atomic mass is 10.1. The number of aliphatic hydroxyl groups excluding tert-OH is 1. The summed E-state index contributed by atoms with van der Waals surface area (Å²) in [4.78, 5) is 13.2. The molecule has 0 aromatic heterocycles. The Morgan fingerprint density at radius 1 is 1.47 bits per heavy atom. The molecule has 0 radical (unpaired) electrons. The molecule has 0 bridgehead atoms. The maximum atomic E-state index is 13.1. The van der Waals surface area contributed by atoms with Crippen LogP contribution in [0.3, 0.4) is 0 Å². The molecule has 1 aromatic carbocycles. The number of carbonyl (C=O) groups excluding carboxylic acids is 1. The Morgan fingerprint density at radius 2 is 2.21 bits per heavy atom. The van der Waals surface area contributed by atoms with Crippen molar-refractivity contribution >= 4 is 17.7 Å². The minimum atomic E-state index is -1.30. The lowest BCUT2D eigenvalue weighted by Crippen LogP contribution is -2.31. The molecule has 1 aromatic rings. The van der Waals surface area contributed by atoms with Gasteiger partial charge in [-0.1, -0.05) is 24.3 Å². The van der Waals surface area contributed by atoms with Gasteiger partial charge in [-0.15, -0.1) is 11.8 Å². The van der Waals surface area contributed by atoms with Gasteiger partial charge in [-0.2, -0.15) is 0 Å². The molecular weight excluding hydrogens is 265 g/mol. The van der Waals surface area contributed by atoms with Crippen LogP contribution < -0.4 is 0 Å². The lowest BCUT2D eigenvalue weighted by Gasteiger charge is -2.14. The van der Waals surface area contributed by atoms with Gasteiger partial charge in [0.2, 0.25) is 5.91 Å². The summed E-state index contributed by atoms with van der Waals surface area (Å²) < 4.78 is 13.1. The van der Waals surface area contributed by atoms with Gasteiger partial charge in [0, 0.05) is 12.3 Å². The van der Waals surface area contributed by atoms with E-state index in [1.54, 1.807) is 0 Å². The van der Waals surface area contributed by atoms with E-state index in [4.69, 9.17) is 0 Å². The molecule has 1 heterocycles. The van der Waals surface area contributed by atoms with E-state index < -0.39 is 12.3 Å². The first-order valence-corrected chi connectivity index (χ1v) is 7.45. The minimum absolute atomic E-state index is 0.0188. The number of nitrogens with zero attached hydrogens (tertiary/aromatic N) is 1. The minimum Gasteiger partial charge on any atom is -0.388 e. The second kappa shape index (κ2) is 6.39. The number of benzene rings is 1. The van der Waals surface area contributed by atoms with Crippen LogP contribution in [-0.4, -0.2) is 47.0 Å². The number of aliphatic hydroxyl groups is 1. The molecule has 19 heavy (non-hydrogen) atoms. The lowest BCUT2D eigenvalue weighted by molar-refractivity contribution is -0.127. The maximum Gasteiger partial charge on any atom is 0.232 e. The van der Waals surface area contributed by atoms with E-state index in [2.05, 4.69) is 0 Å². The topological polar surface area (TPSA) is 40.5 Å². The quantitative estimate of drug-likeness (QED) is 0.915. The Morgan fingerprint density at radius 3 is 2.84 bits per heavy atom. The summed E-state index contributed by atoms with van der Waals surface area (Å²) in [6.45, 7) is 2.18. The maximum absolute atomic E-state index is 13.1. The molecule has 1 N–H and O–H groups in total. The predicted molar refractivity (Wildman–Crippen MR) is 74.8 cm³/mol. The number of hydrogen-bond acceptors (Lipinski definition) is 3. The Hall–Kier alpha value is -1.07. The van der Waals surface area contributed by atoms with Gasteiger partial charge in [0.1, 0.15) is 12.3 Å². The van der Waals surface area contributed by atoms with Crippen LogP contribution in [0, 0.1) is 6.92 Å². The van der Waals surface area contributed by atoms with Crippen molar-refractivity contribution in [3.63, 3.8) is 0 Å². The van der Waals surface area contributed by atoms with E-state index in [1.807, 2.05) is 31.2 Å². The van der Waals surface area contributed by atoms with Crippen molar-refractivity contribution in [3.05, 3.63) is 35.4 Å². The summed E-state index contributed by atoms with van der Waals surface area (Å²) in [6.07, 6.45) is -2.32. The second-order valence-electron chi connectivity index (χ2n) is 4.80. The first-order valence-electron chi connectivity index (χ1n) is 6.30. The first kappa shape index (κ1) is 14.3. The van der Waals surface area contributed by atoms with E-state index >= 15 is 0 Å². The van der Waals surface area contributed by atoms with Crippen LogP contribution in [0.2, 0.25) is 0 Å². The van der Waals surface area contributed by atoms with Crippen molar-refractivity contribution in [2.75, 3.05) is 18.8 Å². The van der Waals surface area contributed by atoms with E-state index in [0.29, 0.717) is 5.75 Å². The zero-order valence-electron chi connectivity index (χ0n) is 10.9. The summed E-state index contributed by atoms with van der Waals surface area (Å²) in [6, 6.07) is 8.06. The molecule has 3 nitrogen and oxygen atoms in total. The van der Waals surface area contributed by atoms with Crippen LogP contribution in [0.5, 0.6) is 0 Å². The molecule has 5 heteroatoms. The van der Waals surface area contributed by atoms with E-state index in [9.17, 15) is 14.3 Å². The summed E-state index contributed by atoms with van der Waals surface area (Å²) in [5.74, 6) is 1.000. The van der Waals surface area contributed by atoms with Crippen molar-refractivity contribution in [3.8, 4) is 0 Å². The third-order valence-corrected chi connectivity index (χ3v) is 4.28. The van der Waals surface area contributed by atoms with Crippen molar-refractivity contribution in [1.82, 2.24) is 4.90 Å². The molecule has 2 rings (SSSR count). The van der Waals surface area contributed by atoms with E-state index in [0.717, 1.165) is 5.75 Å². The zero-order chi connectivity index (χ0) is 13.8. The highest BCUT2D eigenvalue weighted by molar-refractivity contribution is 7.99. The molecule has 0 unspecified atom stereocenters. The number of β-amino-alcohol motifs (C(OH)–C–C–N with tert-alkyl or cyclic N) is 1. The summed E-state index contributed by atoms with van der Waals surface area (Å²) in [5, 5.41) is 9.28. The van der Waals surface area contributed by atoms with Crippen LogP contribution in [0.4, 0.5) is 4.39 Å². The summed E-state index contributed by atoms with van der Waals surface area (Å²) >= 11 is 1.52. The third-order valence-electron chi connectivity index (χ3n) is 3.32. The monoisotopic (exact) mass is 283 g/mol. The molecule has 2 atom stereocenters. The summed E-state index contributed by atoms with van der Waals surface area (Å²) in [7, 11) is 0. The Kier molecular flexibility index (Phi) is 4.82. The van der Waals surface area contributed by atoms with Gasteiger partial charge in [-0.25, -0.2) is 4.39 Å². The van der Waals surface area contributed by atoms with Crippen LogP contribution >= 0.6 is 11.8 Å². The molecule has 1 aliphatic heterocycles. The number of halogens is 1. The van der Waals surface area contributed by atoms with Gasteiger partial charge < -0.3 is 10.0 Å². The van der Waals surface area contributed by atoms with Gasteiger partial charge in [0.15, 0.2) is 0 Å². The average molecular weight is 283 g/mol. The molecule has 104 valence electrons. The molecular formula is C14H18FNO2S. The number of hydrogen-bond donors (Lipinski definition) is 1.